The summed E-state index contributed by atoms with van der Waals surface area (Å²) in [6.45, 7) is 3.42. The first-order chi connectivity index (χ1) is 5.90. The highest BCUT2D eigenvalue weighted by Crippen LogP contribution is 2.52. The number of benzene rings is 1. The Bertz CT molecular complexity index is 275. The Morgan fingerprint density at radius 2 is 1.83 bits per heavy atom. The van der Waals surface area contributed by atoms with E-state index in [4.69, 9.17) is 13.6 Å². The van der Waals surface area contributed by atoms with Gasteiger partial charge in [-0.25, -0.2) is 0 Å². The van der Waals surface area contributed by atoms with E-state index in [1.807, 2.05) is 24.3 Å². The van der Waals surface area contributed by atoms with Crippen LogP contribution in [0.5, 0.6) is 11.5 Å². The number of fused-ring (bicyclic) bond motifs is 1. The Morgan fingerprint density at radius 3 is 2.33 bits per heavy atom. The number of hydrogen-bond acceptors (Lipinski definition) is 3. The van der Waals surface area contributed by atoms with Gasteiger partial charge in [-0.1, -0.05) is 18.7 Å². The Kier molecular flexibility index (Phi) is 1.88. The summed E-state index contributed by atoms with van der Waals surface area (Å²) in [5.41, 5.74) is 0. The van der Waals surface area contributed by atoms with Crippen molar-refractivity contribution < 1.29 is 13.6 Å². The van der Waals surface area contributed by atoms with Gasteiger partial charge in [0, 0.05) is 0 Å². The van der Waals surface area contributed by atoms with Gasteiger partial charge in [-0.15, -0.1) is 0 Å². The number of rotatable bonds is 2. The van der Waals surface area contributed by atoms with Gasteiger partial charge in [0.1, 0.15) is 0 Å². The summed E-state index contributed by atoms with van der Waals surface area (Å²) in [5.74, 6) is 1.45. The lowest BCUT2D eigenvalue weighted by Crippen LogP contribution is -1.84. The third kappa shape index (κ3) is 1.23. The molecule has 0 saturated carbocycles. The highest BCUT2D eigenvalue weighted by molar-refractivity contribution is 7.43. The Morgan fingerprint density at radius 1 is 1.25 bits per heavy atom. The van der Waals surface area contributed by atoms with Crippen molar-refractivity contribution in [3.05, 3.63) is 37.1 Å². The number of para-hydroxylation sites is 2. The zero-order chi connectivity index (χ0) is 8.39. The fourth-order valence-corrected chi connectivity index (χ4v) is 1.75. The molecule has 0 amide bonds. The van der Waals surface area contributed by atoms with Gasteiger partial charge in [-0.3, -0.25) is 0 Å². The minimum Gasteiger partial charge on any atom is -0.417 e. The smallest absolute Gasteiger partial charge is 0.417 e. The third-order valence-electron chi connectivity index (χ3n) is 1.36. The van der Waals surface area contributed by atoms with E-state index in [1.165, 1.54) is 6.26 Å². The molecule has 0 N–H and O–H groups in total. The van der Waals surface area contributed by atoms with Crippen molar-refractivity contribution in [1.82, 2.24) is 0 Å². The van der Waals surface area contributed by atoms with Crippen molar-refractivity contribution in [2.75, 3.05) is 0 Å². The van der Waals surface area contributed by atoms with Gasteiger partial charge in [0.25, 0.3) is 0 Å². The fraction of sp³-hybridized carbons (Fsp3) is 0. The summed E-state index contributed by atoms with van der Waals surface area (Å²) in [5, 5.41) is 0. The van der Waals surface area contributed by atoms with E-state index in [9.17, 15) is 0 Å². The molecule has 1 aromatic carbocycles. The van der Waals surface area contributed by atoms with Crippen LogP contribution in [0.15, 0.2) is 37.1 Å². The van der Waals surface area contributed by atoms with E-state index < -0.39 is 8.60 Å². The molecular formula is C8H7O3P. The first-order valence-corrected chi connectivity index (χ1v) is 4.52. The first-order valence-electron chi connectivity index (χ1n) is 3.43. The molecule has 1 aliphatic heterocycles. The van der Waals surface area contributed by atoms with E-state index in [-0.39, 0.29) is 0 Å². The normalized spacial score (nSPS) is 14.3. The average Bonchev–Trinajstić information content (AvgIpc) is 2.47. The van der Waals surface area contributed by atoms with Crippen LogP contribution in [-0.4, -0.2) is 0 Å². The van der Waals surface area contributed by atoms with Crippen LogP contribution in [0, 0.1) is 0 Å². The van der Waals surface area contributed by atoms with Gasteiger partial charge >= 0.3 is 8.60 Å². The van der Waals surface area contributed by atoms with Crippen molar-refractivity contribution in [3.8, 4) is 11.5 Å². The molecular weight excluding hydrogens is 175 g/mol. The zero-order valence-corrected chi connectivity index (χ0v) is 7.16. The molecule has 0 saturated heterocycles. The molecule has 0 aliphatic carbocycles. The lowest BCUT2D eigenvalue weighted by atomic mass is 10.3. The highest BCUT2D eigenvalue weighted by Gasteiger charge is 2.27. The van der Waals surface area contributed by atoms with Gasteiger partial charge in [-0.2, -0.15) is 0 Å². The van der Waals surface area contributed by atoms with Crippen LogP contribution in [0.4, 0.5) is 0 Å². The van der Waals surface area contributed by atoms with E-state index in [0.717, 1.165) is 11.5 Å². The van der Waals surface area contributed by atoms with Crippen LogP contribution in [-0.2, 0) is 4.52 Å². The van der Waals surface area contributed by atoms with E-state index in [0.29, 0.717) is 0 Å². The lowest BCUT2D eigenvalue weighted by Gasteiger charge is -2.02. The van der Waals surface area contributed by atoms with Gasteiger partial charge in [0.05, 0.1) is 6.26 Å². The molecule has 2 rings (SSSR count). The van der Waals surface area contributed by atoms with Gasteiger partial charge in [0.15, 0.2) is 11.5 Å². The summed E-state index contributed by atoms with van der Waals surface area (Å²) in [4.78, 5) is 0. The van der Waals surface area contributed by atoms with E-state index >= 15 is 0 Å². The van der Waals surface area contributed by atoms with Gasteiger partial charge < -0.3 is 13.6 Å². The summed E-state index contributed by atoms with van der Waals surface area (Å²) in [6.07, 6.45) is 1.32. The Labute approximate surface area is 71.6 Å². The molecule has 0 fully saturated rings. The lowest BCUT2D eigenvalue weighted by molar-refractivity contribution is 0.395. The summed E-state index contributed by atoms with van der Waals surface area (Å²) < 4.78 is 15.6. The average molecular weight is 182 g/mol. The largest absolute Gasteiger partial charge is 0.529 e. The molecule has 1 heterocycles. The van der Waals surface area contributed by atoms with Gasteiger partial charge in [0.2, 0.25) is 0 Å². The second-order valence-corrected chi connectivity index (χ2v) is 3.15. The van der Waals surface area contributed by atoms with Crippen LogP contribution < -0.4 is 9.05 Å². The monoisotopic (exact) mass is 182 g/mol. The molecule has 0 bridgehead atoms. The molecule has 0 unspecified atom stereocenters. The van der Waals surface area contributed by atoms with E-state index in [2.05, 4.69) is 6.58 Å². The SMILES string of the molecule is C=COP1Oc2ccccc2O1. The molecule has 3 nitrogen and oxygen atoms in total. The number of hydrogen-bond donors (Lipinski definition) is 0. The van der Waals surface area contributed by atoms with Crippen molar-refractivity contribution in [2.45, 2.75) is 0 Å². The topological polar surface area (TPSA) is 27.7 Å². The van der Waals surface area contributed by atoms with E-state index in [1.54, 1.807) is 0 Å². The maximum absolute atomic E-state index is 5.30. The maximum Gasteiger partial charge on any atom is 0.529 e. The minimum atomic E-state index is -1.29. The molecule has 62 valence electrons. The molecule has 1 aliphatic rings. The summed E-state index contributed by atoms with van der Waals surface area (Å²) in [7, 11) is -1.29. The van der Waals surface area contributed by atoms with Crippen molar-refractivity contribution >= 4 is 8.60 Å². The predicted octanol–water partition coefficient (Wildman–Crippen LogP) is 2.84. The molecule has 0 aromatic heterocycles. The highest BCUT2D eigenvalue weighted by atomic mass is 31.2. The van der Waals surface area contributed by atoms with Crippen LogP contribution in [0.1, 0.15) is 0 Å². The second kappa shape index (κ2) is 3.03. The second-order valence-electron chi connectivity index (χ2n) is 2.12. The van der Waals surface area contributed by atoms with Gasteiger partial charge in [-0.05, 0) is 12.1 Å². The van der Waals surface area contributed by atoms with Crippen LogP contribution >= 0.6 is 8.60 Å². The minimum absolute atomic E-state index is 0.727. The maximum atomic E-state index is 5.30. The molecule has 1 aromatic rings. The van der Waals surface area contributed by atoms with Crippen molar-refractivity contribution in [1.29, 1.82) is 0 Å². The molecule has 4 heteroatoms. The summed E-state index contributed by atoms with van der Waals surface area (Å²) >= 11 is 0. The Balaban J connectivity index is 2.16. The molecule has 12 heavy (non-hydrogen) atoms. The van der Waals surface area contributed by atoms with Crippen LogP contribution in [0.3, 0.4) is 0 Å². The third-order valence-corrected chi connectivity index (χ3v) is 2.37. The molecule has 0 radical (unpaired) electrons. The molecule has 0 spiro atoms. The fourth-order valence-electron chi connectivity index (χ4n) is 0.884. The predicted molar refractivity (Wildman–Crippen MR) is 45.9 cm³/mol. The Hall–Kier alpha value is -1.21. The van der Waals surface area contributed by atoms with Crippen molar-refractivity contribution in [3.63, 3.8) is 0 Å². The standard InChI is InChI=1S/C8H7O3P/c1-2-9-12-10-7-5-3-4-6-8(7)11-12/h2-6H,1H2. The van der Waals surface area contributed by atoms with Crippen molar-refractivity contribution in [2.24, 2.45) is 0 Å². The zero-order valence-electron chi connectivity index (χ0n) is 6.27. The first kappa shape index (κ1) is 7.44. The molecule has 0 atom stereocenters. The van der Waals surface area contributed by atoms with Crippen LogP contribution in [0.25, 0.3) is 0 Å². The summed E-state index contributed by atoms with van der Waals surface area (Å²) in [6, 6.07) is 7.44. The quantitative estimate of drug-likeness (QED) is 0.519. The van der Waals surface area contributed by atoms with Crippen LogP contribution in [0.2, 0.25) is 0 Å².